The smallest absolute Gasteiger partial charge is 0.317 e. The Kier molecular flexibility index (Phi) is 5.71. The van der Waals surface area contributed by atoms with Gasteiger partial charge in [0.25, 0.3) is 0 Å². The highest BCUT2D eigenvalue weighted by molar-refractivity contribution is 5.85. The highest BCUT2D eigenvalue weighted by Gasteiger charge is 2.24. The second-order valence-corrected chi connectivity index (χ2v) is 8.48. The molecule has 0 aliphatic carbocycles. The molecule has 3 amide bonds. The van der Waals surface area contributed by atoms with Gasteiger partial charge in [-0.05, 0) is 30.2 Å². The van der Waals surface area contributed by atoms with E-state index in [4.69, 9.17) is 0 Å². The highest BCUT2D eigenvalue weighted by atomic mass is 16.2. The number of piperazine rings is 1. The van der Waals surface area contributed by atoms with Crippen LogP contribution in [0, 0.1) is 0 Å². The Morgan fingerprint density at radius 2 is 1.62 bits per heavy atom. The Bertz CT molecular complexity index is 1100. The van der Waals surface area contributed by atoms with Gasteiger partial charge in [-0.1, -0.05) is 36.4 Å². The van der Waals surface area contributed by atoms with Crippen molar-refractivity contribution in [2.75, 3.05) is 44.2 Å². The number of urea groups is 1. The number of aromatic amines is 1. The van der Waals surface area contributed by atoms with Gasteiger partial charge >= 0.3 is 6.03 Å². The van der Waals surface area contributed by atoms with Gasteiger partial charge in [-0.25, -0.2) is 4.79 Å². The zero-order chi connectivity index (χ0) is 21.9. The summed E-state index contributed by atoms with van der Waals surface area (Å²) in [5.41, 5.74) is 4.75. The Balaban J connectivity index is 1.07. The minimum Gasteiger partial charge on any atom is -0.368 e. The van der Waals surface area contributed by atoms with E-state index in [0.29, 0.717) is 26.1 Å². The van der Waals surface area contributed by atoms with E-state index in [0.717, 1.165) is 43.8 Å². The third kappa shape index (κ3) is 4.15. The van der Waals surface area contributed by atoms with Gasteiger partial charge in [0.1, 0.15) is 0 Å². The molecular formula is C25H29N5O2. The van der Waals surface area contributed by atoms with Crippen molar-refractivity contribution >= 4 is 28.5 Å². The SMILES string of the molecule is O=C(CCNC(=O)N1CCc2c([nH]c3ccccc23)C1)N1CCN(c2ccccc2)CC1. The third-order valence-corrected chi connectivity index (χ3v) is 6.54. The number of fused-ring (bicyclic) bond motifs is 3. The standard InChI is InChI=1S/C25H29N5O2/c31-24(29-16-14-28(15-17-29)19-6-2-1-3-7-19)10-12-26-25(32)30-13-11-21-20-8-4-5-9-22(20)27-23(21)18-30/h1-9,27H,10-18H2,(H,26,32). The fraction of sp³-hybridized carbons (Fsp3) is 0.360. The number of nitrogens with zero attached hydrogens (tertiary/aromatic N) is 3. The molecule has 0 bridgehead atoms. The zero-order valence-corrected chi connectivity index (χ0v) is 18.2. The van der Waals surface area contributed by atoms with Crippen molar-refractivity contribution in [1.29, 1.82) is 0 Å². The summed E-state index contributed by atoms with van der Waals surface area (Å²) in [7, 11) is 0. The van der Waals surface area contributed by atoms with Crippen molar-refractivity contribution in [2.45, 2.75) is 19.4 Å². The van der Waals surface area contributed by atoms with Crippen molar-refractivity contribution in [3.8, 4) is 0 Å². The summed E-state index contributed by atoms with van der Waals surface area (Å²) in [5, 5.41) is 4.19. The summed E-state index contributed by atoms with van der Waals surface area (Å²) in [6.45, 7) is 4.74. The van der Waals surface area contributed by atoms with Crippen molar-refractivity contribution in [2.24, 2.45) is 0 Å². The zero-order valence-electron chi connectivity index (χ0n) is 18.2. The molecule has 1 fully saturated rings. The number of carbonyl (C=O) groups is 2. The van der Waals surface area contributed by atoms with E-state index in [1.165, 1.54) is 16.6 Å². The summed E-state index contributed by atoms with van der Waals surface area (Å²) in [6.07, 6.45) is 1.18. The van der Waals surface area contributed by atoms with Crippen LogP contribution >= 0.6 is 0 Å². The maximum atomic E-state index is 12.7. The van der Waals surface area contributed by atoms with Crippen LogP contribution in [-0.4, -0.2) is 66.0 Å². The molecule has 2 aliphatic rings. The maximum absolute atomic E-state index is 12.7. The van der Waals surface area contributed by atoms with E-state index in [1.807, 2.05) is 40.1 Å². The minimum atomic E-state index is -0.101. The highest BCUT2D eigenvalue weighted by Crippen LogP contribution is 2.27. The summed E-state index contributed by atoms with van der Waals surface area (Å²) < 4.78 is 0. The fourth-order valence-electron chi connectivity index (χ4n) is 4.77. The van der Waals surface area contributed by atoms with Crippen molar-refractivity contribution < 1.29 is 9.59 Å². The van der Waals surface area contributed by atoms with Gasteiger partial charge in [0.05, 0.1) is 6.54 Å². The molecule has 0 spiro atoms. The van der Waals surface area contributed by atoms with Crippen LogP contribution in [0.3, 0.4) is 0 Å². The molecule has 166 valence electrons. The average Bonchev–Trinajstić information content (AvgIpc) is 3.22. The Labute approximate surface area is 188 Å². The second-order valence-electron chi connectivity index (χ2n) is 8.48. The van der Waals surface area contributed by atoms with Gasteiger partial charge in [0.15, 0.2) is 0 Å². The van der Waals surface area contributed by atoms with Crippen LogP contribution in [0.5, 0.6) is 0 Å². The molecule has 1 saturated heterocycles. The normalized spacial score (nSPS) is 16.2. The molecular weight excluding hydrogens is 402 g/mol. The lowest BCUT2D eigenvalue weighted by molar-refractivity contribution is -0.131. The van der Waals surface area contributed by atoms with Gasteiger partial charge in [-0.15, -0.1) is 0 Å². The summed E-state index contributed by atoms with van der Waals surface area (Å²) in [4.78, 5) is 34.7. The number of rotatable bonds is 4. The van der Waals surface area contributed by atoms with Crippen LogP contribution in [0.15, 0.2) is 54.6 Å². The lowest BCUT2D eigenvalue weighted by atomic mass is 10.0. The van der Waals surface area contributed by atoms with E-state index < -0.39 is 0 Å². The van der Waals surface area contributed by atoms with Crippen LogP contribution in [0.2, 0.25) is 0 Å². The molecule has 3 aromatic rings. The van der Waals surface area contributed by atoms with Gasteiger partial charge in [0, 0.05) is 68.0 Å². The van der Waals surface area contributed by atoms with Gasteiger partial charge < -0.3 is 25.0 Å². The number of nitrogens with one attached hydrogen (secondary N) is 2. The van der Waals surface area contributed by atoms with Crippen molar-refractivity contribution in [1.82, 2.24) is 20.1 Å². The average molecular weight is 432 g/mol. The van der Waals surface area contributed by atoms with Crippen molar-refractivity contribution in [3.63, 3.8) is 0 Å². The minimum absolute atomic E-state index is 0.101. The molecule has 7 nitrogen and oxygen atoms in total. The monoisotopic (exact) mass is 431 g/mol. The number of H-pyrrole nitrogens is 1. The first-order valence-electron chi connectivity index (χ1n) is 11.4. The van der Waals surface area contributed by atoms with Crippen LogP contribution in [0.25, 0.3) is 10.9 Å². The number of amides is 3. The molecule has 0 unspecified atom stereocenters. The van der Waals surface area contributed by atoms with E-state index in [-0.39, 0.29) is 11.9 Å². The lowest BCUT2D eigenvalue weighted by Gasteiger charge is -2.36. The first kappa shape index (κ1) is 20.4. The van der Waals surface area contributed by atoms with E-state index in [1.54, 1.807) is 0 Å². The summed E-state index contributed by atoms with van der Waals surface area (Å²) in [5.74, 6) is 0.106. The molecule has 2 aromatic carbocycles. The Morgan fingerprint density at radius 1 is 0.875 bits per heavy atom. The molecule has 5 rings (SSSR count). The summed E-state index contributed by atoms with van der Waals surface area (Å²) in [6, 6.07) is 18.5. The lowest BCUT2D eigenvalue weighted by Crippen LogP contribution is -2.49. The number of carbonyl (C=O) groups excluding carboxylic acids is 2. The fourth-order valence-corrected chi connectivity index (χ4v) is 4.77. The van der Waals surface area contributed by atoms with Gasteiger partial charge in [0.2, 0.25) is 5.91 Å². The topological polar surface area (TPSA) is 71.7 Å². The number of para-hydroxylation sites is 2. The number of hydrogen-bond donors (Lipinski definition) is 2. The summed E-state index contributed by atoms with van der Waals surface area (Å²) >= 11 is 0. The molecule has 0 saturated carbocycles. The first-order chi connectivity index (χ1) is 15.7. The molecule has 2 aliphatic heterocycles. The molecule has 32 heavy (non-hydrogen) atoms. The van der Waals surface area contributed by atoms with Crippen molar-refractivity contribution in [3.05, 3.63) is 65.9 Å². The third-order valence-electron chi connectivity index (χ3n) is 6.54. The van der Waals surface area contributed by atoms with Crippen LogP contribution in [0.1, 0.15) is 17.7 Å². The molecule has 2 N–H and O–H groups in total. The van der Waals surface area contributed by atoms with E-state index in [9.17, 15) is 9.59 Å². The first-order valence-corrected chi connectivity index (χ1v) is 11.4. The van der Waals surface area contributed by atoms with Crippen LogP contribution in [-0.2, 0) is 17.8 Å². The Hall–Kier alpha value is -3.48. The molecule has 3 heterocycles. The second kappa shape index (κ2) is 8.94. The number of aromatic nitrogens is 1. The molecule has 1 aromatic heterocycles. The molecule has 0 atom stereocenters. The van der Waals surface area contributed by atoms with Crippen LogP contribution < -0.4 is 10.2 Å². The van der Waals surface area contributed by atoms with E-state index >= 15 is 0 Å². The quantitative estimate of drug-likeness (QED) is 0.667. The van der Waals surface area contributed by atoms with E-state index in [2.05, 4.69) is 39.5 Å². The van der Waals surface area contributed by atoms with Gasteiger partial charge in [-0.3, -0.25) is 4.79 Å². The number of hydrogen-bond acceptors (Lipinski definition) is 3. The predicted octanol–water partition coefficient (Wildman–Crippen LogP) is 2.97. The maximum Gasteiger partial charge on any atom is 0.317 e. The number of benzene rings is 2. The number of anilines is 1. The molecule has 7 heteroatoms. The van der Waals surface area contributed by atoms with Crippen LogP contribution in [0.4, 0.5) is 10.5 Å². The largest absolute Gasteiger partial charge is 0.368 e. The predicted molar refractivity (Wildman–Crippen MR) is 126 cm³/mol. The Morgan fingerprint density at radius 3 is 2.44 bits per heavy atom. The van der Waals surface area contributed by atoms with Gasteiger partial charge in [-0.2, -0.15) is 0 Å². The molecule has 0 radical (unpaired) electrons.